The van der Waals surface area contributed by atoms with Crippen LogP contribution in [0.3, 0.4) is 0 Å². The van der Waals surface area contributed by atoms with E-state index in [9.17, 15) is 40.3 Å². The molecule has 0 radical (unpaired) electrons. The number of benzene rings is 2. The molecule has 0 aliphatic rings. The highest BCUT2D eigenvalue weighted by Crippen LogP contribution is 2.53. The Kier molecular flexibility index (Phi) is 7.38. The summed E-state index contributed by atoms with van der Waals surface area (Å²) in [5.41, 5.74) is -7.88. The zero-order valence-electron chi connectivity index (χ0n) is 18.2. The summed E-state index contributed by atoms with van der Waals surface area (Å²) in [6.07, 6.45) is -12.5. The van der Waals surface area contributed by atoms with Crippen LogP contribution in [0.15, 0.2) is 41.8 Å². The van der Waals surface area contributed by atoms with Crippen molar-refractivity contribution >= 4 is 45.6 Å². The van der Waals surface area contributed by atoms with Gasteiger partial charge in [-0.05, 0) is 37.1 Å². The molecular weight excluding hydrogens is 539 g/mol. The molecule has 192 valence electrons. The van der Waals surface area contributed by atoms with Crippen molar-refractivity contribution in [2.45, 2.75) is 31.9 Å². The van der Waals surface area contributed by atoms with Crippen molar-refractivity contribution in [3.63, 3.8) is 0 Å². The van der Waals surface area contributed by atoms with Gasteiger partial charge in [0.25, 0.3) is 11.8 Å². The van der Waals surface area contributed by atoms with Crippen LogP contribution in [0.5, 0.6) is 0 Å². The smallest absolute Gasteiger partial charge is 0.320 e. The number of nitrogens with zero attached hydrogens (tertiary/aromatic N) is 1. The molecule has 2 N–H and O–H groups in total. The molecule has 0 saturated heterocycles. The first-order chi connectivity index (χ1) is 16.6. The van der Waals surface area contributed by atoms with Gasteiger partial charge in [-0.15, -0.1) is 11.3 Å². The number of anilines is 2. The standard InChI is InChI=1S/C22H15ClF7N3O2S/c1-10-7-12(20(24,21(25,26)27)22(28,29)30)8-11(2)16(10)32-18(35)15-9-36-19(31-15)33-17(34)13-5-3-4-6-14(13)23/h3-9H,1-2H3,(H,32,35)(H,31,33,34). The third kappa shape index (κ3) is 5.16. The lowest BCUT2D eigenvalue weighted by Gasteiger charge is -2.31. The van der Waals surface area contributed by atoms with Crippen molar-refractivity contribution in [1.29, 1.82) is 0 Å². The lowest BCUT2D eigenvalue weighted by Crippen LogP contribution is -2.50. The van der Waals surface area contributed by atoms with E-state index < -0.39 is 35.4 Å². The van der Waals surface area contributed by atoms with E-state index in [-0.39, 0.29) is 38.2 Å². The summed E-state index contributed by atoms with van der Waals surface area (Å²) < 4.78 is 93.0. The van der Waals surface area contributed by atoms with E-state index in [2.05, 4.69) is 15.6 Å². The van der Waals surface area contributed by atoms with Crippen LogP contribution < -0.4 is 10.6 Å². The fourth-order valence-electron chi connectivity index (χ4n) is 3.27. The minimum Gasteiger partial charge on any atom is -0.320 e. The molecule has 1 heterocycles. The highest BCUT2D eigenvalue weighted by Gasteiger charge is 2.73. The topological polar surface area (TPSA) is 71.1 Å². The number of aromatic nitrogens is 1. The van der Waals surface area contributed by atoms with Crippen LogP contribution in [0.25, 0.3) is 0 Å². The third-order valence-corrected chi connectivity index (χ3v) is 6.11. The molecule has 0 bridgehead atoms. The quantitative estimate of drug-likeness (QED) is 0.328. The first kappa shape index (κ1) is 27.4. The molecule has 0 fully saturated rings. The number of rotatable bonds is 5. The van der Waals surface area contributed by atoms with E-state index in [1.807, 2.05) is 0 Å². The van der Waals surface area contributed by atoms with Gasteiger partial charge in [0.1, 0.15) is 5.69 Å². The number of hydrogen-bond donors (Lipinski definition) is 2. The average Bonchev–Trinajstić information content (AvgIpc) is 3.22. The van der Waals surface area contributed by atoms with Gasteiger partial charge in [-0.1, -0.05) is 35.9 Å². The Hall–Kier alpha value is -3.19. The zero-order chi connectivity index (χ0) is 27.1. The maximum atomic E-state index is 14.4. The van der Waals surface area contributed by atoms with Gasteiger partial charge in [0.2, 0.25) is 0 Å². The van der Waals surface area contributed by atoms with Gasteiger partial charge in [0.15, 0.2) is 5.13 Å². The van der Waals surface area contributed by atoms with Crippen molar-refractivity contribution in [1.82, 2.24) is 4.98 Å². The second-order valence-electron chi connectivity index (χ2n) is 7.57. The van der Waals surface area contributed by atoms with Gasteiger partial charge in [0.05, 0.1) is 10.6 Å². The van der Waals surface area contributed by atoms with Crippen LogP contribution in [0.4, 0.5) is 41.6 Å². The summed E-state index contributed by atoms with van der Waals surface area (Å²) in [6.45, 7) is 2.24. The predicted octanol–water partition coefficient (Wildman–Crippen LogP) is 7.21. The monoisotopic (exact) mass is 553 g/mol. The van der Waals surface area contributed by atoms with Crippen molar-refractivity contribution in [3.05, 3.63) is 74.7 Å². The van der Waals surface area contributed by atoms with Crippen molar-refractivity contribution in [3.8, 4) is 0 Å². The molecular formula is C22H15ClF7N3O2S. The normalized spacial score (nSPS) is 12.4. The van der Waals surface area contributed by atoms with Crippen LogP contribution in [0, 0.1) is 13.8 Å². The Bertz CT molecular complexity index is 1280. The molecule has 1 aromatic heterocycles. The molecule has 2 aromatic carbocycles. The Morgan fingerprint density at radius 2 is 1.44 bits per heavy atom. The van der Waals surface area contributed by atoms with Gasteiger partial charge < -0.3 is 5.32 Å². The van der Waals surface area contributed by atoms with E-state index in [1.54, 1.807) is 12.1 Å². The SMILES string of the molecule is Cc1cc(C(F)(C(F)(F)F)C(F)(F)F)cc(C)c1NC(=O)c1csc(NC(=O)c2ccccc2Cl)n1. The fourth-order valence-corrected chi connectivity index (χ4v) is 4.18. The Morgan fingerprint density at radius 1 is 0.889 bits per heavy atom. The van der Waals surface area contributed by atoms with E-state index in [0.29, 0.717) is 12.1 Å². The van der Waals surface area contributed by atoms with Crippen molar-refractivity contribution in [2.75, 3.05) is 10.6 Å². The summed E-state index contributed by atoms with van der Waals surface area (Å²) in [4.78, 5) is 28.9. The largest absolute Gasteiger partial charge is 0.435 e. The van der Waals surface area contributed by atoms with Gasteiger partial charge in [-0.2, -0.15) is 26.3 Å². The highest BCUT2D eigenvalue weighted by molar-refractivity contribution is 7.14. The number of alkyl halides is 7. The fraction of sp³-hybridized carbons (Fsp3) is 0.227. The first-order valence-corrected chi connectivity index (χ1v) is 11.1. The third-order valence-electron chi connectivity index (χ3n) is 5.03. The lowest BCUT2D eigenvalue weighted by atomic mass is 9.90. The number of carbonyl (C=O) groups is 2. The number of nitrogens with one attached hydrogen (secondary N) is 2. The van der Waals surface area contributed by atoms with Gasteiger partial charge in [-0.3, -0.25) is 14.9 Å². The number of carbonyl (C=O) groups excluding carboxylic acids is 2. The molecule has 0 spiro atoms. The summed E-state index contributed by atoms with van der Waals surface area (Å²) in [6, 6.07) is 6.94. The van der Waals surface area contributed by atoms with Gasteiger partial charge in [0, 0.05) is 16.6 Å². The first-order valence-electron chi connectivity index (χ1n) is 9.83. The van der Waals surface area contributed by atoms with E-state index in [1.165, 1.54) is 17.5 Å². The Labute approximate surface area is 208 Å². The summed E-state index contributed by atoms with van der Waals surface area (Å²) in [5.74, 6) is -1.45. The molecule has 0 aliphatic heterocycles. The minimum atomic E-state index is -6.26. The predicted molar refractivity (Wildman–Crippen MR) is 120 cm³/mol. The number of hydrogen-bond acceptors (Lipinski definition) is 4. The van der Waals surface area contributed by atoms with Gasteiger partial charge in [-0.25, -0.2) is 9.37 Å². The molecule has 36 heavy (non-hydrogen) atoms. The minimum absolute atomic E-state index is 0.0337. The van der Waals surface area contributed by atoms with Crippen LogP contribution >= 0.6 is 22.9 Å². The molecule has 3 aromatic rings. The summed E-state index contributed by atoms with van der Waals surface area (Å²) >= 11 is 6.85. The van der Waals surface area contributed by atoms with Crippen LogP contribution in [0.1, 0.15) is 37.5 Å². The van der Waals surface area contributed by atoms with Crippen molar-refractivity contribution < 1.29 is 40.3 Å². The lowest BCUT2D eigenvalue weighted by molar-refractivity contribution is -0.348. The highest BCUT2D eigenvalue weighted by atomic mass is 35.5. The summed E-state index contributed by atoms with van der Waals surface area (Å²) in [7, 11) is 0. The number of amides is 2. The van der Waals surface area contributed by atoms with E-state index >= 15 is 0 Å². The zero-order valence-corrected chi connectivity index (χ0v) is 19.8. The molecule has 0 aliphatic carbocycles. The maximum Gasteiger partial charge on any atom is 0.435 e. The number of thiazole rings is 1. The Morgan fingerprint density at radius 3 is 1.97 bits per heavy atom. The van der Waals surface area contributed by atoms with Crippen molar-refractivity contribution in [2.24, 2.45) is 0 Å². The molecule has 5 nitrogen and oxygen atoms in total. The molecule has 0 unspecified atom stereocenters. The van der Waals surface area contributed by atoms with Crippen LogP contribution in [-0.2, 0) is 5.67 Å². The van der Waals surface area contributed by atoms with E-state index in [4.69, 9.17) is 11.6 Å². The van der Waals surface area contributed by atoms with Gasteiger partial charge >= 0.3 is 18.0 Å². The molecule has 0 saturated carbocycles. The van der Waals surface area contributed by atoms with Crippen LogP contribution in [0.2, 0.25) is 5.02 Å². The number of aryl methyl sites for hydroxylation is 2. The molecule has 3 rings (SSSR count). The molecule has 2 amide bonds. The molecule has 14 heteroatoms. The second kappa shape index (κ2) is 9.69. The Balaban J connectivity index is 1.83. The number of halogens is 8. The molecule has 0 atom stereocenters. The maximum absolute atomic E-state index is 14.4. The summed E-state index contributed by atoms with van der Waals surface area (Å²) in [5, 5.41) is 6.30. The van der Waals surface area contributed by atoms with Crippen LogP contribution in [-0.4, -0.2) is 29.2 Å². The second-order valence-corrected chi connectivity index (χ2v) is 8.83. The average molecular weight is 554 g/mol. The van der Waals surface area contributed by atoms with E-state index in [0.717, 1.165) is 25.2 Å².